The molecule has 5 nitrogen and oxygen atoms in total. The van der Waals surface area contributed by atoms with Crippen molar-refractivity contribution < 1.29 is 4.79 Å². The smallest absolute Gasteiger partial charge is 0.321 e. The summed E-state index contributed by atoms with van der Waals surface area (Å²) in [4.78, 5) is 15.2. The number of nitrogens with zero attached hydrogens (tertiary/aromatic N) is 2. The monoisotopic (exact) mass is 298 g/mol. The summed E-state index contributed by atoms with van der Waals surface area (Å²) in [5.74, 6) is 0. The van der Waals surface area contributed by atoms with Crippen molar-refractivity contribution in [2.24, 2.45) is 0 Å². The average molecular weight is 298 g/mol. The van der Waals surface area contributed by atoms with Crippen molar-refractivity contribution in [1.29, 1.82) is 5.26 Å². The second kappa shape index (κ2) is 5.85. The van der Waals surface area contributed by atoms with E-state index in [2.05, 4.69) is 16.7 Å². The molecule has 0 unspecified atom stereocenters. The first-order valence-corrected chi connectivity index (χ1v) is 7.46. The number of urea groups is 1. The molecule has 21 heavy (non-hydrogen) atoms. The van der Waals surface area contributed by atoms with E-state index in [4.69, 9.17) is 5.26 Å². The van der Waals surface area contributed by atoms with Gasteiger partial charge in [0.15, 0.2) is 0 Å². The number of rotatable bonds is 4. The Morgan fingerprint density at radius 3 is 3.00 bits per heavy atom. The molecular weight excluding hydrogens is 284 g/mol. The number of hydrogen-bond acceptors (Lipinski definition) is 4. The molecule has 0 atom stereocenters. The van der Waals surface area contributed by atoms with Gasteiger partial charge in [-0.3, -0.25) is 4.90 Å². The van der Waals surface area contributed by atoms with Crippen LogP contribution in [0.4, 0.5) is 16.2 Å². The fraction of sp³-hybridized carbons (Fsp3) is 0.200. The highest BCUT2D eigenvalue weighted by atomic mass is 32.1. The van der Waals surface area contributed by atoms with E-state index in [1.807, 2.05) is 36.4 Å². The molecule has 0 bridgehead atoms. The fourth-order valence-electron chi connectivity index (χ4n) is 2.22. The number of hydrogen-bond donors (Lipinski definition) is 2. The van der Waals surface area contributed by atoms with Crippen molar-refractivity contribution in [3.8, 4) is 6.07 Å². The molecule has 3 rings (SSSR count). The van der Waals surface area contributed by atoms with Crippen LogP contribution in [0.15, 0.2) is 36.4 Å². The van der Waals surface area contributed by atoms with Crippen LogP contribution in [0.1, 0.15) is 9.75 Å². The molecule has 0 spiro atoms. The molecule has 2 heterocycles. The summed E-state index contributed by atoms with van der Waals surface area (Å²) in [7, 11) is 0. The van der Waals surface area contributed by atoms with Gasteiger partial charge in [-0.15, -0.1) is 11.3 Å². The summed E-state index contributed by atoms with van der Waals surface area (Å²) < 4.78 is 0. The molecule has 1 aliphatic rings. The van der Waals surface area contributed by atoms with E-state index in [1.54, 1.807) is 4.90 Å². The van der Waals surface area contributed by atoms with Crippen LogP contribution < -0.4 is 15.5 Å². The van der Waals surface area contributed by atoms with Crippen molar-refractivity contribution in [2.45, 2.75) is 6.54 Å². The number of carbonyl (C=O) groups is 1. The summed E-state index contributed by atoms with van der Waals surface area (Å²) in [5, 5.41) is 14.9. The minimum absolute atomic E-state index is 0.0518. The lowest BCUT2D eigenvalue weighted by Gasteiger charge is -2.15. The van der Waals surface area contributed by atoms with Gasteiger partial charge >= 0.3 is 6.03 Å². The van der Waals surface area contributed by atoms with Gasteiger partial charge in [0.1, 0.15) is 10.9 Å². The molecule has 1 aromatic carbocycles. The Balaban J connectivity index is 1.68. The summed E-state index contributed by atoms with van der Waals surface area (Å²) >= 11 is 1.48. The molecule has 1 aliphatic heterocycles. The van der Waals surface area contributed by atoms with E-state index >= 15 is 0 Å². The molecule has 2 amide bonds. The van der Waals surface area contributed by atoms with Crippen molar-refractivity contribution in [1.82, 2.24) is 5.32 Å². The second-order valence-corrected chi connectivity index (χ2v) is 5.83. The molecule has 1 fully saturated rings. The maximum atomic E-state index is 11.7. The van der Waals surface area contributed by atoms with E-state index in [0.717, 1.165) is 16.3 Å². The SMILES string of the molecule is N#Cc1ccc(CNc2cccc(N3CCNC3=O)c2)s1. The largest absolute Gasteiger partial charge is 0.380 e. The van der Waals surface area contributed by atoms with E-state index in [1.165, 1.54) is 11.3 Å². The average Bonchev–Trinajstić information content (AvgIpc) is 3.14. The highest BCUT2D eigenvalue weighted by molar-refractivity contribution is 7.12. The molecule has 1 aromatic heterocycles. The molecule has 2 N–H and O–H groups in total. The predicted molar refractivity (Wildman–Crippen MR) is 83.5 cm³/mol. The van der Waals surface area contributed by atoms with Crippen LogP contribution in [-0.2, 0) is 6.54 Å². The van der Waals surface area contributed by atoms with Crippen LogP contribution in [0.3, 0.4) is 0 Å². The first kappa shape index (κ1) is 13.5. The lowest BCUT2D eigenvalue weighted by atomic mass is 10.2. The van der Waals surface area contributed by atoms with E-state index in [0.29, 0.717) is 24.5 Å². The van der Waals surface area contributed by atoms with Crippen LogP contribution in [0, 0.1) is 11.3 Å². The van der Waals surface area contributed by atoms with Crippen LogP contribution in [0.25, 0.3) is 0 Å². The van der Waals surface area contributed by atoms with Crippen molar-refractivity contribution in [2.75, 3.05) is 23.3 Å². The normalized spacial score (nSPS) is 13.9. The van der Waals surface area contributed by atoms with Gasteiger partial charge in [0.05, 0.1) is 0 Å². The Morgan fingerprint density at radius 2 is 2.29 bits per heavy atom. The van der Waals surface area contributed by atoms with Crippen molar-refractivity contribution in [3.05, 3.63) is 46.2 Å². The minimum Gasteiger partial charge on any atom is -0.380 e. The molecule has 0 aliphatic carbocycles. The van der Waals surface area contributed by atoms with Crippen LogP contribution in [0.5, 0.6) is 0 Å². The van der Waals surface area contributed by atoms with Gasteiger partial charge in [0.2, 0.25) is 0 Å². The van der Waals surface area contributed by atoms with Gasteiger partial charge < -0.3 is 10.6 Å². The van der Waals surface area contributed by atoms with E-state index in [9.17, 15) is 4.79 Å². The van der Waals surface area contributed by atoms with Crippen LogP contribution in [-0.4, -0.2) is 19.1 Å². The summed E-state index contributed by atoms with van der Waals surface area (Å²) in [6.45, 7) is 2.04. The number of nitriles is 1. The number of benzene rings is 1. The molecule has 0 radical (unpaired) electrons. The first-order chi connectivity index (χ1) is 10.3. The maximum absolute atomic E-state index is 11.7. The third kappa shape index (κ3) is 2.98. The number of thiophene rings is 1. The van der Waals surface area contributed by atoms with Crippen molar-refractivity contribution in [3.63, 3.8) is 0 Å². The van der Waals surface area contributed by atoms with Crippen molar-refractivity contribution >= 4 is 28.7 Å². The zero-order valence-electron chi connectivity index (χ0n) is 11.3. The Bertz CT molecular complexity index is 704. The highest BCUT2D eigenvalue weighted by Gasteiger charge is 2.20. The van der Waals surface area contributed by atoms with Gasteiger partial charge in [-0.2, -0.15) is 5.26 Å². The number of amides is 2. The maximum Gasteiger partial charge on any atom is 0.321 e. The molecule has 1 saturated heterocycles. The van der Waals surface area contributed by atoms with E-state index < -0.39 is 0 Å². The lowest BCUT2D eigenvalue weighted by molar-refractivity contribution is 0.252. The molecule has 0 saturated carbocycles. The Hall–Kier alpha value is -2.52. The quantitative estimate of drug-likeness (QED) is 0.912. The zero-order chi connectivity index (χ0) is 14.7. The van der Waals surface area contributed by atoms with Gasteiger partial charge in [0, 0.05) is 35.9 Å². The Morgan fingerprint density at radius 1 is 1.38 bits per heavy atom. The standard InChI is InChI=1S/C15H14N4OS/c16-9-13-4-5-14(21-13)10-18-11-2-1-3-12(8-11)19-7-6-17-15(19)20/h1-5,8,18H,6-7,10H2,(H,17,20). The van der Waals surface area contributed by atoms with Gasteiger partial charge in [-0.1, -0.05) is 6.07 Å². The highest BCUT2D eigenvalue weighted by Crippen LogP contribution is 2.22. The van der Waals surface area contributed by atoms with Crippen LogP contribution >= 0.6 is 11.3 Å². The van der Waals surface area contributed by atoms with Gasteiger partial charge in [-0.05, 0) is 30.3 Å². The summed E-state index contributed by atoms with van der Waals surface area (Å²) in [5.41, 5.74) is 1.85. The van der Waals surface area contributed by atoms with E-state index in [-0.39, 0.29) is 6.03 Å². The zero-order valence-corrected chi connectivity index (χ0v) is 12.1. The predicted octanol–water partition coefficient (Wildman–Crippen LogP) is 2.76. The third-order valence-corrected chi connectivity index (χ3v) is 4.24. The number of anilines is 2. The summed E-state index contributed by atoms with van der Waals surface area (Å²) in [6.07, 6.45) is 0. The third-order valence-electron chi connectivity index (χ3n) is 3.25. The lowest BCUT2D eigenvalue weighted by Crippen LogP contribution is -2.27. The second-order valence-electron chi connectivity index (χ2n) is 4.67. The number of carbonyl (C=O) groups excluding carboxylic acids is 1. The fourth-order valence-corrected chi connectivity index (χ4v) is 2.97. The van der Waals surface area contributed by atoms with Gasteiger partial charge in [0.25, 0.3) is 0 Å². The minimum atomic E-state index is -0.0518. The summed E-state index contributed by atoms with van der Waals surface area (Å²) in [6, 6.07) is 13.6. The molecule has 106 valence electrons. The molecular formula is C15H14N4OS. The first-order valence-electron chi connectivity index (χ1n) is 6.64. The van der Waals surface area contributed by atoms with Gasteiger partial charge in [-0.25, -0.2) is 4.79 Å². The Labute approximate surface area is 126 Å². The molecule has 2 aromatic rings. The molecule has 6 heteroatoms. The Kier molecular flexibility index (Phi) is 3.75. The topological polar surface area (TPSA) is 68.2 Å². The van der Waals surface area contributed by atoms with Crippen LogP contribution in [0.2, 0.25) is 0 Å². The number of nitrogens with one attached hydrogen (secondary N) is 2.